The second-order valence-corrected chi connectivity index (χ2v) is 14.3. The Morgan fingerprint density at radius 1 is 1.00 bits per heavy atom. The fourth-order valence-corrected chi connectivity index (χ4v) is 13.6. The molecular weight excluding hydrogens is 420 g/mol. The van der Waals surface area contributed by atoms with Crippen molar-refractivity contribution in [2.24, 2.45) is 16.7 Å². The van der Waals surface area contributed by atoms with Crippen LogP contribution < -0.4 is 3.61 Å². The summed E-state index contributed by atoms with van der Waals surface area (Å²) in [6.07, 6.45) is 3.48. The number of hydrogen-bond donors (Lipinski definition) is 1. The molecule has 2 aliphatic rings. The van der Waals surface area contributed by atoms with Crippen LogP contribution in [0.4, 0.5) is 0 Å². The zero-order valence-corrected chi connectivity index (χ0v) is 17.6. The van der Waals surface area contributed by atoms with Gasteiger partial charge in [-0.2, -0.15) is 0 Å². The molecule has 25 heavy (non-hydrogen) atoms. The third kappa shape index (κ3) is 2.97. The predicted molar refractivity (Wildman–Crippen MR) is 106 cm³/mol. The van der Waals surface area contributed by atoms with E-state index in [4.69, 9.17) is 0 Å². The number of rotatable bonds is 5. The normalized spacial score (nSPS) is 30.1. The van der Waals surface area contributed by atoms with Gasteiger partial charge in [-0.3, -0.25) is 0 Å². The monoisotopic (exact) mass is 451 g/mol. The van der Waals surface area contributed by atoms with Crippen molar-refractivity contribution in [3.8, 4) is 0 Å². The van der Waals surface area contributed by atoms with E-state index in [1.807, 2.05) is 0 Å². The summed E-state index contributed by atoms with van der Waals surface area (Å²) in [4.78, 5) is 0. The molecule has 0 spiro atoms. The van der Waals surface area contributed by atoms with Crippen molar-refractivity contribution in [1.82, 2.24) is 0 Å². The van der Waals surface area contributed by atoms with Crippen molar-refractivity contribution in [3.05, 3.63) is 66.2 Å². The van der Waals surface area contributed by atoms with Crippen LogP contribution in [-0.4, -0.2) is 30.8 Å². The second kappa shape index (κ2) is 6.73. The quantitative estimate of drug-likeness (QED) is 0.674. The summed E-state index contributed by atoms with van der Waals surface area (Å²) in [6, 6.07) is 22.2. The molecule has 0 heterocycles. The zero-order chi connectivity index (χ0) is 17.5. The molecule has 2 fully saturated rings. The van der Waals surface area contributed by atoms with Gasteiger partial charge in [-0.15, -0.1) is 0 Å². The molecule has 0 radical (unpaired) electrons. The Labute approximate surface area is 159 Å². The standard InChI is InChI=1S/C23H29OTe/c1-22(2)19-13-14-23(22,21(24)15-19)17-25(20-11-7-4-8-12-20)16-18-9-5-3-6-10-18/h3-12,19,21,24H,13-17H2,1-2H3/q+1/t19-,21-,23-/m1/s1. The van der Waals surface area contributed by atoms with Crippen LogP contribution in [0.25, 0.3) is 0 Å². The van der Waals surface area contributed by atoms with Crippen LogP contribution in [0.5, 0.6) is 0 Å². The van der Waals surface area contributed by atoms with Crippen molar-refractivity contribution in [3.63, 3.8) is 0 Å². The third-order valence-corrected chi connectivity index (χ3v) is 14.2. The molecule has 0 aromatic heterocycles. The first-order valence-electron chi connectivity index (χ1n) is 9.47. The van der Waals surface area contributed by atoms with Crippen LogP contribution in [0.15, 0.2) is 60.7 Å². The molecule has 2 aromatic rings. The molecule has 2 aromatic carbocycles. The van der Waals surface area contributed by atoms with E-state index < -0.39 is 19.6 Å². The van der Waals surface area contributed by atoms with Crippen LogP contribution in [0.1, 0.15) is 38.7 Å². The molecule has 1 N–H and O–H groups in total. The Bertz CT molecular complexity index is 711. The molecule has 0 unspecified atom stereocenters. The fourth-order valence-electron chi connectivity index (χ4n) is 5.30. The van der Waals surface area contributed by atoms with Crippen LogP contribution in [0.3, 0.4) is 0 Å². The first-order chi connectivity index (χ1) is 12.0. The maximum absolute atomic E-state index is 11.0. The van der Waals surface area contributed by atoms with Crippen molar-refractivity contribution in [1.29, 1.82) is 0 Å². The molecule has 0 saturated heterocycles. The van der Waals surface area contributed by atoms with E-state index >= 15 is 0 Å². The second-order valence-electron chi connectivity index (χ2n) is 8.45. The summed E-state index contributed by atoms with van der Waals surface area (Å²) in [7, 11) is 0. The number of aliphatic hydroxyl groups excluding tert-OH is 1. The molecule has 1 nitrogen and oxygen atoms in total. The molecule has 0 aliphatic heterocycles. The summed E-state index contributed by atoms with van der Waals surface area (Å²) in [5, 5.41) is 11.0. The van der Waals surface area contributed by atoms with Crippen molar-refractivity contribution < 1.29 is 5.11 Å². The maximum atomic E-state index is 11.0. The van der Waals surface area contributed by atoms with Gasteiger partial charge in [0.1, 0.15) is 0 Å². The van der Waals surface area contributed by atoms with E-state index in [1.54, 1.807) is 3.61 Å². The number of hydrogen-bond acceptors (Lipinski definition) is 1. The first-order valence-corrected chi connectivity index (χ1v) is 13.9. The molecule has 2 saturated carbocycles. The van der Waals surface area contributed by atoms with Crippen LogP contribution >= 0.6 is 0 Å². The summed E-state index contributed by atoms with van der Waals surface area (Å²) in [5.74, 6) is 0.718. The van der Waals surface area contributed by atoms with Crippen molar-refractivity contribution in [2.45, 2.75) is 48.2 Å². The number of fused-ring (bicyclic) bond motifs is 2. The third-order valence-electron chi connectivity index (χ3n) is 7.08. The predicted octanol–water partition coefficient (Wildman–Crippen LogP) is 4.36. The summed E-state index contributed by atoms with van der Waals surface area (Å²) < 4.78 is 4.08. The van der Waals surface area contributed by atoms with E-state index in [0.29, 0.717) is 0 Å². The molecular formula is C23H29OTe+. The van der Waals surface area contributed by atoms with E-state index in [-0.39, 0.29) is 16.9 Å². The summed E-state index contributed by atoms with van der Waals surface area (Å²) in [5.41, 5.74) is 1.91. The van der Waals surface area contributed by atoms with Crippen LogP contribution in [-0.2, 0) is 4.47 Å². The van der Waals surface area contributed by atoms with E-state index in [0.717, 1.165) is 12.3 Å². The van der Waals surface area contributed by atoms with Gasteiger partial charge in [-0.1, -0.05) is 0 Å². The molecule has 2 bridgehead atoms. The molecule has 0 amide bonds. The Hall–Kier alpha value is -0.810. The summed E-state index contributed by atoms with van der Waals surface area (Å²) >= 11 is -1.59. The van der Waals surface area contributed by atoms with Crippen LogP contribution in [0.2, 0.25) is 4.47 Å². The van der Waals surface area contributed by atoms with Gasteiger partial charge in [0.2, 0.25) is 0 Å². The molecule has 2 aliphatic carbocycles. The minimum absolute atomic E-state index is 0.0934. The Morgan fingerprint density at radius 3 is 2.20 bits per heavy atom. The Balaban J connectivity index is 1.67. The van der Waals surface area contributed by atoms with Gasteiger partial charge in [0.15, 0.2) is 0 Å². The molecule has 4 rings (SSSR count). The minimum atomic E-state index is -1.59. The molecule has 3 atom stereocenters. The number of benzene rings is 2. The Morgan fingerprint density at radius 2 is 1.64 bits per heavy atom. The molecule has 2 heteroatoms. The number of aliphatic hydroxyl groups is 1. The van der Waals surface area contributed by atoms with Gasteiger partial charge in [-0.05, 0) is 0 Å². The van der Waals surface area contributed by atoms with Crippen molar-refractivity contribution >= 4 is 23.2 Å². The Kier molecular flexibility index (Phi) is 4.74. The van der Waals surface area contributed by atoms with E-state index in [1.165, 1.54) is 27.3 Å². The van der Waals surface area contributed by atoms with Gasteiger partial charge < -0.3 is 0 Å². The first kappa shape index (κ1) is 17.6. The van der Waals surface area contributed by atoms with Crippen molar-refractivity contribution in [2.75, 3.05) is 0 Å². The van der Waals surface area contributed by atoms with Gasteiger partial charge >= 0.3 is 159 Å². The van der Waals surface area contributed by atoms with Crippen LogP contribution in [0, 0.1) is 16.7 Å². The van der Waals surface area contributed by atoms with Gasteiger partial charge in [0, 0.05) is 0 Å². The average Bonchev–Trinajstić information content (AvgIpc) is 2.97. The topological polar surface area (TPSA) is 20.2 Å². The van der Waals surface area contributed by atoms with Gasteiger partial charge in [0.05, 0.1) is 0 Å². The van der Waals surface area contributed by atoms with E-state index in [2.05, 4.69) is 74.5 Å². The zero-order valence-electron chi connectivity index (χ0n) is 15.3. The molecule has 132 valence electrons. The average molecular weight is 449 g/mol. The van der Waals surface area contributed by atoms with Gasteiger partial charge in [-0.25, -0.2) is 0 Å². The summed E-state index contributed by atoms with van der Waals surface area (Å²) in [6.45, 7) is 4.87. The van der Waals surface area contributed by atoms with Gasteiger partial charge in [0.25, 0.3) is 0 Å². The van der Waals surface area contributed by atoms with E-state index in [9.17, 15) is 5.11 Å². The fraction of sp³-hybridized carbons (Fsp3) is 0.478. The SMILES string of the molecule is CC1(C)[C@@H]2CC[C@@]1(C[Te+](Cc1ccccc1)c1ccccc1)[C@H](O)C2.